The van der Waals surface area contributed by atoms with Gasteiger partial charge in [-0.2, -0.15) is 5.10 Å². The van der Waals surface area contributed by atoms with E-state index in [-0.39, 0.29) is 17.8 Å². The van der Waals surface area contributed by atoms with Crippen LogP contribution in [0.15, 0.2) is 30.3 Å². The fourth-order valence-electron chi connectivity index (χ4n) is 2.92. The van der Waals surface area contributed by atoms with E-state index in [1.54, 1.807) is 28.8 Å². The van der Waals surface area contributed by atoms with E-state index >= 15 is 0 Å². The number of aromatic nitrogens is 2. The van der Waals surface area contributed by atoms with Crippen molar-refractivity contribution in [3.05, 3.63) is 53.1 Å². The van der Waals surface area contributed by atoms with Crippen LogP contribution in [0, 0.1) is 12.7 Å². The molecule has 0 aliphatic carbocycles. The molecule has 1 aliphatic heterocycles. The van der Waals surface area contributed by atoms with Gasteiger partial charge >= 0.3 is 0 Å². The Balaban J connectivity index is 1.92. The van der Waals surface area contributed by atoms with Gasteiger partial charge in [-0.25, -0.2) is 4.39 Å². The number of rotatable bonds is 2. The zero-order valence-electron chi connectivity index (χ0n) is 12.7. The summed E-state index contributed by atoms with van der Waals surface area (Å²) in [4.78, 5) is 14.6. The monoisotopic (exact) mass is 302 g/mol. The summed E-state index contributed by atoms with van der Waals surface area (Å²) in [6, 6.07) is 8.05. The average molecular weight is 302 g/mol. The quantitative estimate of drug-likeness (QED) is 0.918. The van der Waals surface area contributed by atoms with E-state index in [0.717, 1.165) is 17.8 Å². The van der Waals surface area contributed by atoms with Crippen LogP contribution < -0.4 is 5.32 Å². The van der Waals surface area contributed by atoms with Gasteiger partial charge < -0.3 is 10.2 Å². The minimum atomic E-state index is -0.285. The molecule has 1 saturated heterocycles. The van der Waals surface area contributed by atoms with Crippen molar-refractivity contribution in [1.82, 2.24) is 20.0 Å². The van der Waals surface area contributed by atoms with E-state index in [1.165, 1.54) is 12.1 Å². The zero-order valence-corrected chi connectivity index (χ0v) is 12.7. The molecule has 6 heteroatoms. The highest BCUT2D eigenvalue weighted by Crippen LogP contribution is 2.24. The van der Waals surface area contributed by atoms with E-state index in [9.17, 15) is 9.18 Å². The van der Waals surface area contributed by atoms with Crippen molar-refractivity contribution in [2.75, 3.05) is 19.6 Å². The molecule has 0 bridgehead atoms. The number of hydrogen-bond acceptors (Lipinski definition) is 3. The lowest BCUT2D eigenvalue weighted by Gasteiger charge is -2.36. The number of amides is 1. The number of nitrogens with zero attached hydrogens (tertiary/aromatic N) is 3. The molecule has 1 atom stereocenters. The van der Waals surface area contributed by atoms with Crippen LogP contribution in [-0.4, -0.2) is 40.2 Å². The topological polar surface area (TPSA) is 50.2 Å². The highest BCUT2D eigenvalue weighted by molar-refractivity contribution is 5.93. The Bertz CT molecular complexity index is 697. The summed E-state index contributed by atoms with van der Waals surface area (Å²) in [7, 11) is 1.76. The summed E-state index contributed by atoms with van der Waals surface area (Å²) in [6.45, 7) is 3.79. The maximum absolute atomic E-state index is 13.5. The van der Waals surface area contributed by atoms with Crippen molar-refractivity contribution in [3.8, 4) is 0 Å². The number of piperazine rings is 1. The maximum atomic E-state index is 13.5. The first-order valence-electron chi connectivity index (χ1n) is 7.34. The van der Waals surface area contributed by atoms with Crippen molar-refractivity contribution in [2.24, 2.45) is 7.05 Å². The number of aryl methyl sites for hydroxylation is 2. The van der Waals surface area contributed by atoms with Gasteiger partial charge in [0.25, 0.3) is 5.91 Å². The minimum absolute atomic E-state index is 0.0705. The summed E-state index contributed by atoms with van der Waals surface area (Å²) in [5.74, 6) is -0.356. The third-order valence-corrected chi connectivity index (χ3v) is 3.96. The van der Waals surface area contributed by atoms with Crippen LogP contribution in [0.25, 0.3) is 0 Å². The molecule has 0 radical (unpaired) electrons. The summed E-state index contributed by atoms with van der Waals surface area (Å²) in [5.41, 5.74) is 2.17. The molecule has 0 saturated carbocycles. The van der Waals surface area contributed by atoms with Crippen LogP contribution in [-0.2, 0) is 7.05 Å². The molecule has 22 heavy (non-hydrogen) atoms. The van der Waals surface area contributed by atoms with Crippen molar-refractivity contribution in [3.63, 3.8) is 0 Å². The molecule has 1 fully saturated rings. The molecule has 1 amide bonds. The molecular weight excluding hydrogens is 283 g/mol. The van der Waals surface area contributed by atoms with E-state index in [2.05, 4.69) is 10.4 Å². The van der Waals surface area contributed by atoms with Crippen molar-refractivity contribution < 1.29 is 9.18 Å². The Morgan fingerprint density at radius 3 is 2.91 bits per heavy atom. The molecule has 2 aromatic rings. The number of benzene rings is 1. The zero-order chi connectivity index (χ0) is 15.7. The first-order valence-corrected chi connectivity index (χ1v) is 7.34. The number of nitrogens with one attached hydrogen (secondary N) is 1. The van der Waals surface area contributed by atoms with E-state index in [4.69, 9.17) is 0 Å². The fraction of sp³-hybridized carbons (Fsp3) is 0.375. The summed E-state index contributed by atoms with van der Waals surface area (Å²) in [5, 5.41) is 7.50. The van der Waals surface area contributed by atoms with Crippen molar-refractivity contribution in [1.29, 1.82) is 0 Å². The van der Waals surface area contributed by atoms with Crippen molar-refractivity contribution >= 4 is 5.91 Å². The predicted octanol–water partition coefficient (Wildman–Crippen LogP) is 1.65. The summed E-state index contributed by atoms with van der Waals surface area (Å²) < 4.78 is 15.1. The van der Waals surface area contributed by atoms with Gasteiger partial charge in [-0.3, -0.25) is 9.48 Å². The largest absolute Gasteiger partial charge is 0.328 e. The first kappa shape index (κ1) is 14.7. The van der Waals surface area contributed by atoms with E-state index < -0.39 is 0 Å². The lowest BCUT2D eigenvalue weighted by atomic mass is 10.0. The van der Waals surface area contributed by atoms with E-state index in [1.807, 2.05) is 13.0 Å². The van der Waals surface area contributed by atoms with Crippen LogP contribution in [0.4, 0.5) is 4.39 Å². The minimum Gasteiger partial charge on any atom is -0.328 e. The van der Waals surface area contributed by atoms with Crippen LogP contribution >= 0.6 is 0 Å². The molecule has 5 nitrogen and oxygen atoms in total. The van der Waals surface area contributed by atoms with Gasteiger partial charge in [0.1, 0.15) is 11.5 Å². The van der Waals surface area contributed by atoms with Crippen molar-refractivity contribution in [2.45, 2.75) is 13.0 Å². The van der Waals surface area contributed by atoms with Gasteiger partial charge in [-0.15, -0.1) is 0 Å². The van der Waals surface area contributed by atoms with Gasteiger partial charge in [0, 0.05) is 26.7 Å². The second-order valence-corrected chi connectivity index (χ2v) is 5.57. The highest BCUT2D eigenvalue weighted by atomic mass is 19.1. The van der Waals surface area contributed by atoms with Crippen LogP contribution in [0.1, 0.15) is 27.8 Å². The predicted molar refractivity (Wildman–Crippen MR) is 81.0 cm³/mol. The Morgan fingerprint density at radius 1 is 1.41 bits per heavy atom. The second-order valence-electron chi connectivity index (χ2n) is 5.57. The summed E-state index contributed by atoms with van der Waals surface area (Å²) >= 11 is 0. The molecule has 1 aromatic heterocycles. The fourth-order valence-corrected chi connectivity index (χ4v) is 2.92. The molecule has 3 rings (SSSR count). The van der Waals surface area contributed by atoms with Gasteiger partial charge in [0.05, 0.1) is 11.7 Å². The molecule has 1 aromatic carbocycles. The number of halogens is 1. The lowest BCUT2D eigenvalue weighted by molar-refractivity contribution is 0.0622. The second kappa shape index (κ2) is 5.88. The lowest BCUT2D eigenvalue weighted by Crippen LogP contribution is -2.49. The number of hydrogen-bond donors (Lipinski definition) is 1. The highest BCUT2D eigenvalue weighted by Gasteiger charge is 2.30. The molecule has 1 aliphatic rings. The molecular formula is C16H19FN4O. The smallest absolute Gasteiger partial charge is 0.272 e. The molecule has 0 spiro atoms. The molecule has 116 valence electrons. The Kier molecular flexibility index (Phi) is 3.94. The third-order valence-electron chi connectivity index (χ3n) is 3.96. The molecule has 1 N–H and O–H groups in total. The third kappa shape index (κ3) is 2.74. The standard InChI is InChI=1S/C16H19FN4O/c1-11-8-14(20(2)19-11)16(22)21-7-6-18-10-15(21)12-4-3-5-13(17)9-12/h3-5,8-9,15,18H,6-7,10H2,1-2H3. The Labute approximate surface area is 128 Å². The Hall–Kier alpha value is -2.21. The normalized spacial score (nSPS) is 18.5. The number of carbonyl (C=O) groups excluding carboxylic acids is 1. The van der Waals surface area contributed by atoms with Crippen LogP contribution in [0.3, 0.4) is 0 Å². The molecule has 1 unspecified atom stereocenters. The molecule has 2 heterocycles. The van der Waals surface area contributed by atoms with Gasteiger partial charge in [0.2, 0.25) is 0 Å². The number of carbonyl (C=O) groups is 1. The average Bonchev–Trinajstić information content (AvgIpc) is 2.85. The van der Waals surface area contributed by atoms with Crippen LogP contribution in [0.5, 0.6) is 0 Å². The van der Waals surface area contributed by atoms with Gasteiger partial charge in [0.15, 0.2) is 0 Å². The van der Waals surface area contributed by atoms with Crippen LogP contribution in [0.2, 0.25) is 0 Å². The van der Waals surface area contributed by atoms with Gasteiger partial charge in [-0.1, -0.05) is 12.1 Å². The Morgan fingerprint density at radius 2 is 2.23 bits per heavy atom. The van der Waals surface area contributed by atoms with E-state index in [0.29, 0.717) is 18.8 Å². The van der Waals surface area contributed by atoms with Gasteiger partial charge in [-0.05, 0) is 30.7 Å². The first-order chi connectivity index (χ1) is 10.6. The maximum Gasteiger partial charge on any atom is 0.272 e. The SMILES string of the molecule is Cc1cc(C(=O)N2CCNCC2c2cccc(F)c2)n(C)n1. The summed E-state index contributed by atoms with van der Waals surface area (Å²) in [6.07, 6.45) is 0.